The summed E-state index contributed by atoms with van der Waals surface area (Å²) in [5.74, 6) is 0.270. The van der Waals surface area contributed by atoms with Crippen LogP contribution >= 0.6 is 0 Å². The van der Waals surface area contributed by atoms with Crippen LogP contribution in [0.25, 0.3) is 11.0 Å². The third kappa shape index (κ3) is 4.71. The van der Waals surface area contributed by atoms with E-state index in [0.29, 0.717) is 48.9 Å². The number of nitrogens with one attached hydrogen (secondary N) is 1. The normalized spacial score (nSPS) is 16.1. The van der Waals surface area contributed by atoms with Gasteiger partial charge in [0.1, 0.15) is 11.2 Å². The van der Waals surface area contributed by atoms with Gasteiger partial charge in [-0.05, 0) is 50.8 Å². The number of pyridine rings is 2. The van der Waals surface area contributed by atoms with Crippen LogP contribution in [-0.2, 0) is 11.2 Å². The van der Waals surface area contributed by atoms with E-state index < -0.39 is 6.43 Å². The van der Waals surface area contributed by atoms with Crippen molar-refractivity contribution in [3.05, 3.63) is 40.8 Å². The molecule has 35 heavy (non-hydrogen) atoms. The molecule has 3 aromatic rings. The van der Waals surface area contributed by atoms with Crippen LogP contribution < -0.4 is 10.2 Å². The Morgan fingerprint density at radius 3 is 2.63 bits per heavy atom. The fourth-order valence-corrected chi connectivity index (χ4v) is 4.69. The van der Waals surface area contributed by atoms with Crippen LogP contribution in [0.2, 0.25) is 0 Å². The van der Waals surface area contributed by atoms with Crippen molar-refractivity contribution in [1.82, 2.24) is 25.1 Å². The maximum Gasteiger partial charge on any atom is 0.269 e. The lowest BCUT2D eigenvalue weighted by molar-refractivity contribution is 0.0675. The number of anilines is 2. The molecule has 2 aliphatic heterocycles. The highest BCUT2D eigenvalue weighted by molar-refractivity contribution is 5.97. The minimum Gasteiger partial charge on any atom is -0.381 e. The number of alkyl halides is 2. The van der Waals surface area contributed by atoms with Crippen molar-refractivity contribution < 1.29 is 18.3 Å². The molecule has 0 spiro atoms. The number of fused-ring (bicyclic) bond motifs is 2. The molecule has 1 saturated heterocycles. The number of hydrogen-bond donors (Lipinski definition) is 1. The zero-order valence-electron chi connectivity index (χ0n) is 20.6. The van der Waals surface area contributed by atoms with E-state index in [4.69, 9.17) is 9.84 Å². The van der Waals surface area contributed by atoms with Crippen LogP contribution in [0.4, 0.5) is 20.3 Å². The summed E-state index contributed by atoms with van der Waals surface area (Å²) in [5.41, 5.74) is 3.36. The van der Waals surface area contributed by atoms with Gasteiger partial charge in [-0.25, -0.2) is 13.8 Å². The van der Waals surface area contributed by atoms with Crippen LogP contribution in [0.5, 0.6) is 0 Å². The number of carbonyl (C=O) groups excluding carboxylic acids is 1. The van der Waals surface area contributed by atoms with Crippen molar-refractivity contribution in [2.24, 2.45) is 0 Å². The quantitative estimate of drug-likeness (QED) is 0.565. The van der Waals surface area contributed by atoms with E-state index in [1.807, 2.05) is 29.5 Å². The molecular weight excluding hydrogens is 454 g/mol. The van der Waals surface area contributed by atoms with Gasteiger partial charge in [0.25, 0.3) is 12.3 Å². The minimum atomic E-state index is -2.61. The average Bonchev–Trinajstić information content (AvgIpc) is 3.27. The average molecular weight is 487 g/mol. The van der Waals surface area contributed by atoms with E-state index in [1.165, 1.54) is 6.07 Å². The Bertz CT molecular complexity index is 1210. The van der Waals surface area contributed by atoms with Crippen molar-refractivity contribution in [3.8, 4) is 0 Å². The number of carbonyl (C=O) groups is 1. The van der Waals surface area contributed by atoms with Crippen molar-refractivity contribution in [1.29, 1.82) is 0 Å². The van der Waals surface area contributed by atoms with Crippen molar-refractivity contribution in [3.63, 3.8) is 0 Å². The van der Waals surface area contributed by atoms with Gasteiger partial charge in [-0.1, -0.05) is 13.8 Å². The first-order valence-electron chi connectivity index (χ1n) is 12.2. The number of ether oxygens (including phenoxy) is 1. The number of aromatic nitrogens is 4. The summed E-state index contributed by atoms with van der Waals surface area (Å²) in [6, 6.07) is 5.22. The second-order valence-electron chi connectivity index (χ2n) is 8.44. The first-order valence-corrected chi connectivity index (χ1v) is 12.2. The Labute approximate surface area is 203 Å². The third-order valence-corrected chi connectivity index (χ3v) is 6.42. The summed E-state index contributed by atoms with van der Waals surface area (Å²) in [6.45, 7) is 7.52. The summed E-state index contributed by atoms with van der Waals surface area (Å²) in [5, 5.41) is 7.54. The van der Waals surface area contributed by atoms with Crippen molar-refractivity contribution >= 4 is 28.4 Å². The first kappa shape index (κ1) is 25.0. The van der Waals surface area contributed by atoms with Gasteiger partial charge in [0, 0.05) is 38.1 Å². The molecule has 1 amide bonds. The summed E-state index contributed by atoms with van der Waals surface area (Å²) < 4.78 is 34.8. The van der Waals surface area contributed by atoms with E-state index in [1.54, 1.807) is 20.0 Å². The molecule has 10 heteroatoms. The van der Waals surface area contributed by atoms with E-state index in [-0.39, 0.29) is 23.2 Å². The lowest BCUT2D eigenvalue weighted by Gasteiger charge is -2.30. The van der Waals surface area contributed by atoms with E-state index >= 15 is 0 Å². The molecule has 0 aliphatic carbocycles. The van der Waals surface area contributed by atoms with Gasteiger partial charge < -0.3 is 15.0 Å². The largest absolute Gasteiger partial charge is 0.381 e. The summed E-state index contributed by atoms with van der Waals surface area (Å²) in [4.78, 5) is 23.3. The number of halogens is 2. The summed E-state index contributed by atoms with van der Waals surface area (Å²) in [6.07, 6.45) is 0.557. The Morgan fingerprint density at radius 1 is 1.20 bits per heavy atom. The van der Waals surface area contributed by atoms with Gasteiger partial charge in [-0.2, -0.15) is 5.10 Å². The molecule has 0 atom stereocenters. The first-order chi connectivity index (χ1) is 17.0. The maximum atomic E-state index is 13.7. The van der Waals surface area contributed by atoms with E-state index in [2.05, 4.69) is 15.3 Å². The summed E-state index contributed by atoms with van der Waals surface area (Å²) >= 11 is 0. The molecule has 188 valence electrons. The molecular formula is C25H32F2N6O2. The van der Waals surface area contributed by atoms with Crippen LogP contribution in [0.15, 0.2) is 18.2 Å². The standard InChI is InChI=1S/C23H26F2N6O2.C2H6/c1-13-15(21(24)25)12-19-16(27-13)4-3-9-30(19)22-20-18(6-5-17(28-20)23(32)26-2)31(29-22)14-7-10-33-11-8-14;1-2/h5-6,12,14,21H,3-4,7-11H2,1-2H3,(H,26,32);1-2H3. The smallest absolute Gasteiger partial charge is 0.269 e. The number of rotatable bonds is 4. The molecule has 2 aliphatic rings. The molecule has 0 aromatic carbocycles. The Kier molecular flexibility index (Phi) is 7.59. The molecule has 3 aromatic heterocycles. The molecule has 0 unspecified atom stereocenters. The number of nitrogens with zero attached hydrogens (tertiary/aromatic N) is 5. The molecule has 1 fully saturated rings. The number of hydrogen-bond acceptors (Lipinski definition) is 6. The third-order valence-electron chi connectivity index (χ3n) is 6.42. The minimum absolute atomic E-state index is 0.0761. The van der Waals surface area contributed by atoms with Crippen LogP contribution in [0, 0.1) is 6.92 Å². The van der Waals surface area contributed by atoms with E-state index in [9.17, 15) is 13.6 Å². The van der Waals surface area contributed by atoms with Gasteiger partial charge in [0.2, 0.25) is 0 Å². The number of aryl methyl sites for hydroxylation is 2. The Morgan fingerprint density at radius 2 is 1.94 bits per heavy atom. The molecule has 1 N–H and O–H groups in total. The fourth-order valence-electron chi connectivity index (χ4n) is 4.69. The predicted molar refractivity (Wildman–Crippen MR) is 131 cm³/mol. The lowest BCUT2D eigenvalue weighted by Crippen LogP contribution is -2.27. The van der Waals surface area contributed by atoms with Gasteiger partial charge in [-0.15, -0.1) is 0 Å². The van der Waals surface area contributed by atoms with Gasteiger partial charge in [0.05, 0.1) is 22.9 Å². The van der Waals surface area contributed by atoms with Crippen LogP contribution in [0.3, 0.4) is 0 Å². The summed E-state index contributed by atoms with van der Waals surface area (Å²) in [7, 11) is 1.56. The molecule has 8 nitrogen and oxygen atoms in total. The van der Waals surface area contributed by atoms with Crippen molar-refractivity contribution in [2.45, 2.75) is 58.9 Å². The molecule has 0 bridgehead atoms. The highest BCUT2D eigenvalue weighted by atomic mass is 19.3. The monoisotopic (exact) mass is 486 g/mol. The topological polar surface area (TPSA) is 85.2 Å². The molecule has 0 radical (unpaired) electrons. The van der Waals surface area contributed by atoms with Crippen molar-refractivity contribution in [2.75, 3.05) is 31.7 Å². The lowest BCUT2D eigenvalue weighted by atomic mass is 10.0. The fraction of sp³-hybridized carbons (Fsp3) is 0.520. The number of amides is 1. The predicted octanol–water partition coefficient (Wildman–Crippen LogP) is 4.89. The van der Waals surface area contributed by atoms with Crippen LogP contribution in [0.1, 0.15) is 73.0 Å². The van der Waals surface area contributed by atoms with Crippen LogP contribution in [-0.4, -0.2) is 52.5 Å². The molecule has 0 saturated carbocycles. The Balaban J connectivity index is 0.00000141. The maximum absolute atomic E-state index is 13.7. The van der Waals surface area contributed by atoms with Gasteiger partial charge >= 0.3 is 0 Å². The van der Waals surface area contributed by atoms with E-state index in [0.717, 1.165) is 30.5 Å². The van der Waals surface area contributed by atoms with Gasteiger partial charge in [-0.3, -0.25) is 14.5 Å². The highest BCUT2D eigenvalue weighted by Crippen LogP contribution is 2.39. The molecule has 5 heterocycles. The Hall–Kier alpha value is -3.14. The zero-order valence-corrected chi connectivity index (χ0v) is 20.6. The molecule has 5 rings (SSSR count). The second kappa shape index (κ2) is 10.6. The van der Waals surface area contributed by atoms with Gasteiger partial charge in [0.15, 0.2) is 5.82 Å². The SMILES string of the molecule is CC.CNC(=O)c1ccc2c(n1)c(N1CCCc3nc(C)c(C(F)F)cc31)nn2C1CCOCC1. The highest BCUT2D eigenvalue weighted by Gasteiger charge is 2.29. The zero-order chi connectivity index (χ0) is 25.1. The second-order valence-corrected chi connectivity index (χ2v) is 8.44.